The molecule has 0 aliphatic carbocycles. The molecule has 1 aromatic carbocycles. The average Bonchev–Trinajstić information content (AvgIpc) is 3.48. The number of aromatic nitrogens is 3. The molecule has 6 nitrogen and oxygen atoms in total. The van der Waals surface area contributed by atoms with Gasteiger partial charge in [0.05, 0.1) is 21.3 Å². The lowest BCUT2D eigenvalue weighted by Gasteiger charge is -2.36. The third-order valence-corrected chi connectivity index (χ3v) is 6.68. The summed E-state index contributed by atoms with van der Waals surface area (Å²) in [5.41, 5.74) is 0.0171. The molecule has 11 heteroatoms. The van der Waals surface area contributed by atoms with Crippen LogP contribution < -0.4 is 4.90 Å². The molecule has 4 aromatic rings. The number of carbonyl (C=O) groups excluding carboxylic acids is 1. The van der Waals surface area contributed by atoms with Crippen molar-refractivity contribution in [3.05, 3.63) is 70.3 Å². The van der Waals surface area contributed by atoms with E-state index in [-0.39, 0.29) is 17.0 Å². The van der Waals surface area contributed by atoms with Crippen molar-refractivity contribution in [1.29, 1.82) is 0 Å². The molecule has 0 atom stereocenters. The standard InChI is InChI=1S/C22H17ClF3N5OS/c23-14-4-1-2-5-17(14)29-7-9-30(10-8-29)21(32)16-13-20-27-15(18-6-3-11-33-18)12-19(22(24,25)26)31(20)28-16/h1-6,11-13H,7-10H2. The van der Waals surface area contributed by atoms with E-state index in [0.29, 0.717) is 40.6 Å². The van der Waals surface area contributed by atoms with Crippen LogP contribution >= 0.6 is 22.9 Å². The van der Waals surface area contributed by atoms with Gasteiger partial charge < -0.3 is 9.80 Å². The minimum atomic E-state index is -4.65. The van der Waals surface area contributed by atoms with Crippen molar-refractivity contribution in [2.75, 3.05) is 31.1 Å². The van der Waals surface area contributed by atoms with Crippen LogP contribution in [0.5, 0.6) is 0 Å². The lowest BCUT2D eigenvalue weighted by atomic mass is 10.2. The van der Waals surface area contributed by atoms with Crippen molar-refractivity contribution >= 4 is 40.2 Å². The number of fused-ring (bicyclic) bond motifs is 1. The maximum absolute atomic E-state index is 13.7. The van der Waals surface area contributed by atoms with Crippen LogP contribution in [0.3, 0.4) is 0 Å². The molecule has 1 aliphatic heterocycles. The zero-order chi connectivity index (χ0) is 23.2. The highest BCUT2D eigenvalue weighted by Gasteiger charge is 2.36. The van der Waals surface area contributed by atoms with Gasteiger partial charge in [0.25, 0.3) is 5.91 Å². The van der Waals surface area contributed by atoms with Gasteiger partial charge in [0.1, 0.15) is 0 Å². The maximum Gasteiger partial charge on any atom is 0.433 e. The molecule has 5 rings (SSSR count). The van der Waals surface area contributed by atoms with Gasteiger partial charge >= 0.3 is 6.18 Å². The SMILES string of the molecule is O=C(c1cc2nc(-c3cccs3)cc(C(F)(F)F)n2n1)N1CCN(c2ccccc2Cl)CC1. The van der Waals surface area contributed by atoms with Crippen LogP contribution in [-0.2, 0) is 6.18 Å². The van der Waals surface area contributed by atoms with E-state index in [2.05, 4.69) is 15.0 Å². The molecular weight excluding hydrogens is 475 g/mol. The molecule has 170 valence electrons. The van der Waals surface area contributed by atoms with Gasteiger partial charge in [-0.3, -0.25) is 4.79 Å². The van der Waals surface area contributed by atoms with E-state index >= 15 is 0 Å². The number of rotatable bonds is 3. The summed E-state index contributed by atoms with van der Waals surface area (Å²) in [4.78, 5) is 21.6. The Morgan fingerprint density at radius 2 is 1.79 bits per heavy atom. The van der Waals surface area contributed by atoms with Crippen molar-refractivity contribution in [2.45, 2.75) is 6.18 Å². The fourth-order valence-electron chi connectivity index (χ4n) is 3.85. The van der Waals surface area contributed by atoms with E-state index in [1.54, 1.807) is 28.5 Å². The number of nitrogens with zero attached hydrogens (tertiary/aromatic N) is 5. The van der Waals surface area contributed by atoms with E-state index in [0.717, 1.165) is 11.8 Å². The van der Waals surface area contributed by atoms with Gasteiger partial charge in [0.15, 0.2) is 17.0 Å². The molecule has 0 unspecified atom stereocenters. The zero-order valence-corrected chi connectivity index (χ0v) is 18.7. The Bertz CT molecular complexity index is 1310. The number of para-hydroxylation sites is 1. The number of halogens is 4. The highest BCUT2D eigenvalue weighted by molar-refractivity contribution is 7.13. The molecule has 1 aliphatic rings. The molecule has 0 saturated carbocycles. The van der Waals surface area contributed by atoms with Crippen LogP contribution in [0.1, 0.15) is 16.2 Å². The summed E-state index contributed by atoms with van der Waals surface area (Å²) in [6, 6.07) is 13.2. The van der Waals surface area contributed by atoms with Crippen molar-refractivity contribution in [3.63, 3.8) is 0 Å². The van der Waals surface area contributed by atoms with Crippen LogP contribution in [0, 0.1) is 0 Å². The van der Waals surface area contributed by atoms with E-state index in [9.17, 15) is 18.0 Å². The first-order valence-corrected chi connectivity index (χ1v) is 11.4. The number of piperazine rings is 1. The van der Waals surface area contributed by atoms with Crippen molar-refractivity contribution in [3.8, 4) is 10.6 Å². The predicted octanol–water partition coefficient (Wildman–Crippen LogP) is 5.09. The van der Waals surface area contributed by atoms with Crippen LogP contribution in [0.25, 0.3) is 16.2 Å². The maximum atomic E-state index is 13.7. The Labute approximate surface area is 195 Å². The lowest BCUT2D eigenvalue weighted by Crippen LogP contribution is -2.49. The van der Waals surface area contributed by atoms with Gasteiger partial charge in [-0.1, -0.05) is 29.8 Å². The Balaban J connectivity index is 1.42. The Morgan fingerprint density at radius 1 is 1.03 bits per heavy atom. The molecule has 0 spiro atoms. The second-order valence-electron chi connectivity index (χ2n) is 7.53. The zero-order valence-electron chi connectivity index (χ0n) is 17.1. The number of benzene rings is 1. The molecule has 0 radical (unpaired) electrons. The van der Waals surface area contributed by atoms with Crippen molar-refractivity contribution < 1.29 is 18.0 Å². The summed E-state index contributed by atoms with van der Waals surface area (Å²) in [5, 5.41) is 6.38. The van der Waals surface area contributed by atoms with E-state index < -0.39 is 17.8 Å². The van der Waals surface area contributed by atoms with Crippen molar-refractivity contribution in [2.24, 2.45) is 0 Å². The highest BCUT2D eigenvalue weighted by Crippen LogP contribution is 2.33. The molecule has 0 N–H and O–H groups in total. The molecule has 1 fully saturated rings. The minimum absolute atomic E-state index is 0.0220. The molecular formula is C22H17ClF3N5OS. The summed E-state index contributed by atoms with van der Waals surface area (Å²) < 4.78 is 41.9. The normalized spacial score (nSPS) is 14.8. The summed E-state index contributed by atoms with van der Waals surface area (Å²) >= 11 is 7.56. The average molecular weight is 492 g/mol. The molecule has 33 heavy (non-hydrogen) atoms. The van der Waals surface area contributed by atoms with Crippen LogP contribution in [-0.4, -0.2) is 51.6 Å². The van der Waals surface area contributed by atoms with Crippen LogP contribution in [0.2, 0.25) is 5.02 Å². The quantitative estimate of drug-likeness (QED) is 0.400. The first-order valence-electron chi connectivity index (χ1n) is 10.1. The molecule has 4 heterocycles. The largest absolute Gasteiger partial charge is 0.433 e. The van der Waals surface area contributed by atoms with Gasteiger partial charge in [-0.05, 0) is 29.6 Å². The lowest BCUT2D eigenvalue weighted by molar-refractivity contribution is -0.142. The fourth-order valence-corrected chi connectivity index (χ4v) is 4.79. The van der Waals surface area contributed by atoms with Crippen LogP contribution in [0.4, 0.5) is 18.9 Å². The monoisotopic (exact) mass is 491 g/mol. The van der Waals surface area contributed by atoms with E-state index in [1.165, 1.54) is 17.4 Å². The second-order valence-corrected chi connectivity index (χ2v) is 8.89. The fraction of sp³-hybridized carbons (Fsp3) is 0.227. The van der Waals surface area contributed by atoms with Crippen LogP contribution in [0.15, 0.2) is 53.9 Å². The summed E-state index contributed by atoms with van der Waals surface area (Å²) in [5.74, 6) is -0.426. The Morgan fingerprint density at radius 3 is 2.45 bits per heavy atom. The smallest absolute Gasteiger partial charge is 0.367 e. The first kappa shape index (κ1) is 21.7. The van der Waals surface area contributed by atoms with Gasteiger partial charge in [0, 0.05) is 32.2 Å². The number of hydrogen-bond acceptors (Lipinski definition) is 5. The van der Waals surface area contributed by atoms with Gasteiger partial charge in [0.2, 0.25) is 0 Å². The third-order valence-electron chi connectivity index (χ3n) is 5.47. The Hall–Kier alpha value is -3.11. The van der Waals surface area contributed by atoms with E-state index in [4.69, 9.17) is 11.6 Å². The number of anilines is 1. The van der Waals surface area contributed by atoms with E-state index in [1.807, 2.05) is 18.2 Å². The highest BCUT2D eigenvalue weighted by atomic mass is 35.5. The number of thiophene rings is 1. The summed E-state index contributed by atoms with van der Waals surface area (Å²) in [7, 11) is 0. The molecule has 1 amide bonds. The van der Waals surface area contributed by atoms with Crippen molar-refractivity contribution in [1.82, 2.24) is 19.5 Å². The number of alkyl halides is 3. The number of amides is 1. The van der Waals surface area contributed by atoms with Gasteiger partial charge in [-0.2, -0.15) is 18.3 Å². The number of carbonyl (C=O) groups is 1. The first-order chi connectivity index (χ1) is 15.8. The number of hydrogen-bond donors (Lipinski definition) is 0. The molecule has 3 aromatic heterocycles. The molecule has 0 bridgehead atoms. The molecule has 1 saturated heterocycles. The predicted molar refractivity (Wildman–Crippen MR) is 121 cm³/mol. The minimum Gasteiger partial charge on any atom is -0.367 e. The summed E-state index contributed by atoms with van der Waals surface area (Å²) in [6.07, 6.45) is -4.65. The van der Waals surface area contributed by atoms with Gasteiger partial charge in [-0.25, -0.2) is 9.50 Å². The van der Waals surface area contributed by atoms with Gasteiger partial charge in [-0.15, -0.1) is 11.3 Å². The Kier molecular flexibility index (Phi) is 5.49. The third kappa shape index (κ3) is 4.16. The summed E-state index contributed by atoms with van der Waals surface area (Å²) in [6.45, 7) is 1.91. The second kappa shape index (κ2) is 8.35. The topological polar surface area (TPSA) is 53.7 Å².